The Morgan fingerprint density at radius 1 is 0.875 bits per heavy atom. The molecule has 5 nitrogen and oxygen atoms in total. The average Bonchev–Trinajstić information content (AvgIpc) is 3.16. The molecule has 0 radical (unpaired) electrons. The summed E-state index contributed by atoms with van der Waals surface area (Å²) >= 11 is 0. The molecule has 4 rings (SSSR count). The predicted molar refractivity (Wildman–Crippen MR) is 98.8 cm³/mol. The molecule has 1 aliphatic heterocycles. The van der Waals surface area contributed by atoms with E-state index in [0.29, 0.717) is 6.04 Å². The molecule has 0 unspecified atom stereocenters. The Kier molecular flexibility index (Phi) is 4.49. The minimum atomic E-state index is 0.586. The molecule has 1 aromatic carbocycles. The molecule has 2 heterocycles. The number of hydrogen-bond donors (Lipinski definition) is 1. The van der Waals surface area contributed by atoms with Crippen molar-refractivity contribution in [3.8, 4) is 0 Å². The molecule has 1 N–H and O–H groups in total. The van der Waals surface area contributed by atoms with E-state index in [1.807, 2.05) is 0 Å². The lowest BCUT2D eigenvalue weighted by Crippen LogP contribution is -2.46. The van der Waals surface area contributed by atoms with Gasteiger partial charge in [0, 0.05) is 44.0 Å². The SMILES string of the molecule is c1ccc(N2CCN(c3cc(NC4CCCC4)ncn3)CC2)cc1. The number of nitrogens with one attached hydrogen (secondary N) is 1. The monoisotopic (exact) mass is 323 g/mol. The minimum absolute atomic E-state index is 0.586. The van der Waals surface area contributed by atoms with Crippen LogP contribution in [0.25, 0.3) is 0 Å². The highest BCUT2D eigenvalue weighted by atomic mass is 15.3. The molecule has 1 aromatic heterocycles. The van der Waals surface area contributed by atoms with Gasteiger partial charge in [-0.25, -0.2) is 9.97 Å². The fourth-order valence-electron chi connectivity index (χ4n) is 3.71. The summed E-state index contributed by atoms with van der Waals surface area (Å²) < 4.78 is 0. The zero-order valence-electron chi connectivity index (χ0n) is 14.1. The number of nitrogens with zero attached hydrogens (tertiary/aromatic N) is 4. The topological polar surface area (TPSA) is 44.3 Å². The number of aromatic nitrogens is 2. The van der Waals surface area contributed by atoms with Gasteiger partial charge in [0.1, 0.15) is 18.0 Å². The second kappa shape index (κ2) is 7.07. The Morgan fingerprint density at radius 2 is 1.58 bits per heavy atom. The van der Waals surface area contributed by atoms with Crippen molar-refractivity contribution in [1.82, 2.24) is 9.97 Å². The normalized spacial score (nSPS) is 18.8. The molecule has 2 fully saturated rings. The molecular formula is C19H25N5. The maximum Gasteiger partial charge on any atom is 0.134 e. The predicted octanol–water partition coefficient (Wildman–Crippen LogP) is 3.16. The summed E-state index contributed by atoms with van der Waals surface area (Å²) in [6, 6.07) is 13.3. The van der Waals surface area contributed by atoms with Gasteiger partial charge in [0.25, 0.3) is 0 Å². The first kappa shape index (κ1) is 15.2. The van der Waals surface area contributed by atoms with Crippen molar-refractivity contribution < 1.29 is 0 Å². The van der Waals surface area contributed by atoms with E-state index < -0.39 is 0 Å². The van der Waals surface area contributed by atoms with E-state index in [1.54, 1.807) is 6.33 Å². The van der Waals surface area contributed by atoms with Gasteiger partial charge in [-0.15, -0.1) is 0 Å². The molecule has 2 aliphatic rings. The molecular weight excluding hydrogens is 298 g/mol. The Balaban J connectivity index is 1.38. The van der Waals surface area contributed by atoms with Gasteiger partial charge < -0.3 is 15.1 Å². The maximum atomic E-state index is 4.49. The molecule has 0 spiro atoms. The number of para-hydroxylation sites is 1. The summed E-state index contributed by atoms with van der Waals surface area (Å²) in [6.07, 6.45) is 6.87. The van der Waals surface area contributed by atoms with Crippen LogP contribution in [-0.2, 0) is 0 Å². The maximum absolute atomic E-state index is 4.49. The van der Waals surface area contributed by atoms with Gasteiger partial charge in [-0.1, -0.05) is 31.0 Å². The largest absolute Gasteiger partial charge is 0.368 e. The van der Waals surface area contributed by atoms with Crippen LogP contribution in [-0.4, -0.2) is 42.2 Å². The van der Waals surface area contributed by atoms with Crippen LogP contribution >= 0.6 is 0 Å². The lowest BCUT2D eigenvalue weighted by Gasteiger charge is -2.36. The van der Waals surface area contributed by atoms with Crippen molar-refractivity contribution in [2.45, 2.75) is 31.7 Å². The number of hydrogen-bond acceptors (Lipinski definition) is 5. The fourth-order valence-corrected chi connectivity index (χ4v) is 3.71. The average molecular weight is 323 g/mol. The van der Waals surface area contributed by atoms with Crippen LogP contribution in [0.4, 0.5) is 17.3 Å². The van der Waals surface area contributed by atoms with Crippen LogP contribution in [0.3, 0.4) is 0 Å². The standard InChI is InChI=1S/C19H25N5/c1-2-8-17(9-3-1)23-10-12-24(13-11-23)19-14-18(20-15-21-19)22-16-6-4-5-7-16/h1-3,8-9,14-16H,4-7,10-13H2,(H,20,21,22). The molecule has 1 saturated heterocycles. The lowest BCUT2D eigenvalue weighted by atomic mass is 10.2. The van der Waals surface area contributed by atoms with Gasteiger partial charge in [-0.05, 0) is 25.0 Å². The van der Waals surface area contributed by atoms with E-state index in [0.717, 1.165) is 37.8 Å². The third kappa shape index (κ3) is 3.45. The lowest BCUT2D eigenvalue weighted by molar-refractivity contribution is 0.646. The van der Waals surface area contributed by atoms with Crippen molar-refractivity contribution in [2.24, 2.45) is 0 Å². The van der Waals surface area contributed by atoms with E-state index in [-0.39, 0.29) is 0 Å². The summed E-state index contributed by atoms with van der Waals surface area (Å²) in [5.41, 5.74) is 1.31. The number of rotatable bonds is 4. The summed E-state index contributed by atoms with van der Waals surface area (Å²) in [7, 11) is 0. The molecule has 126 valence electrons. The quantitative estimate of drug-likeness (QED) is 0.936. The van der Waals surface area contributed by atoms with Crippen molar-refractivity contribution in [1.29, 1.82) is 0 Å². The molecule has 24 heavy (non-hydrogen) atoms. The van der Waals surface area contributed by atoms with Crippen molar-refractivity contribution >= 4 is 17.3 Å². The number of anilines is 3. The first-order valence-corrected chi connectivity index (χ1v) is 9.02. The van der Waals surface area contributed by atoms with Crippen LogP contribution in [0, 0.1) is 0 Å². The molecule has 0 atom stereocenters. The third-order valence-electron chi connectivity index (χ3n) is 5.08. The second-order valence-electron chi connectivity index (χ2n) is 6.70. The number of benzene rings is 1. The highest BCUT2D eigenvalue weighted by molar-refractivity contribution is 5.52. The van der Waals surface area contributed by atoms with Gasteiger partial charge in [-0.3, -0.25) is 0 Å². The highest BCUT2D eigenvalue weighted by Gasteiger charge is 2.19. The van der Waals surface area contributed by atoms with Crippen LogP contribution < -0.4 is 15.1 Å². The third-order valence-corrected chi connectivity index (χ3v) is 5.08. The van der Waals surface area contributed by atoms with Crippen LogP contribution in [0.1, 0.15) is 25.7 Å². The van der Waals surface area contributed by atoms with Crippen LogP contribution in [0.15, 0.2) is 42.7 Å². The Bertz CT molecular complexity index is 646. The molecule has 1 aliphatic carbocycles. The van der Waals surface area contributed by atoms with E-state index in [4.69, 9.17) is 0 Å². The number of piperazine rings is 1. The van der Waals surface area contributed by atoms with E-state index >= 15 is 0 Å². The van der Waals surface area contributed by atoms with E-state index in [1.165, 1.54) is 31.4 Å². The van der Waals surface area contributed by atoms with Gasteiger partial charge in [0.05, 0.1) is 0 Å². The second-order valence-corrected chi connectivity index (χ2v) is 6.70. The zero-order valence-corrected chi connectivity index (χ0v) is 14.1. The summed E-state index contributed by atoms with van der Waals surface area (Å²) in [6.45, 7) is 4.04. The molecule has 2 aromatic rings. The first-order chi connectivity index (χ1) is 11.9. The smallest absolute Gasteiger partial charge is 0.134 e. The van der Waals surface area contributed by atoms with Crippen molar-refractivity contribution in [3.05, 3.63) is 42.7 Å². The molecule has 0 bridgehead atoms. The zero-order chi connectivity index (χ0) is 16.2. The molecule has 1 saturated carbocycles. The summed E-state index contributed by atoms with van der Waals surface area (Å²) in [4.78, 5) is 13.7. The fraction of sp³-hybridized carbons (Fsp3) is 0.474. The van der Waals surface area contributed by atoms with Crippen LogP contribution in [0.5, 0.6) is 0 Å². The van der Waals surface area contributed by atoms with Gasteiger partial charge in [0.2, 0.25) is 0 Å². The minimum Gasteiger partial charge on any atom is -0.368 e. The van der Waals surface area contributed by atoms with E-state index in [2.05, 4.69) is 61.5 Å². The molecule has 0 amide bonds. The Labute approximate surface area is 143 Å². The highest BCUT2D eigenvalue weighted by Crippen LogP contribution is 2.24. The first-order valence-electron chi connectivity index (χ1n) is 9.02. The Hall–Kier alpha value is -2.30. The van der Waals surface area contributed by atoms with E-state index in [9.17, 15) is 0 Å². The molecule has 5 heteroatoms. The van der Waals surface area contributed by atoms with Crippen molar-refractivity contribution in [3.63, 3.8) is 0 Å². The Morgan fingerprint density at radius 3 is 2.33 bits per heavy atom. The van der Waals surface area contributed by atoms with Crippen molar-refractivity contribution in [2.75, 3.05) is 41.3 Å². The summed E-state index contributed by atoms with van der Waals surface area (Å²) in [5, 5.41) is 3.57. The van der Waals surface area contributed by atoms with Gasteiger partial charge in [0.15, 0.2) is 0 Å². The van der Waals surface area contributed by atoms with Crippen LogP contribution in [0.2, 0.25) is 0 Å². The summed E-state index contributed by atoms with van der Waals surface area (Å²) in [5.74, 6) is 2.01. The van der Waals surface area contributed by atoms with Gasteiger partial charge in [-0.2, -0.15) is 0 Å². The van der Waals surface area contributed by atoms with Gasteiger partial charge >= 0.3 is 0 Å².